The van der Waals surface area contributed by atoms with Crippen molar-refractivity contribution in [3.8, 4) is 0 Å². The van der Waals surface area contributed by atoms with Gasteiger partial charge in [0, 0.05) is 0 Å². The Hall–Kier alpha value is 0. The second-order valence-electron chi connectivity index (χ2n) is 8.51. The van der Waals surface area contributed by atoms with Crippen molar-refractivity contribution in [1.82, 2.24) is 0 Å². The highest BCUT2D eigenvalue weighted by Crippen LogP contribution is 2.43. The first-order valence-electron chi connectivity index (χ1n) is 9.99. The van der Waals surface area contributed by atoms with Gasteiger partial charge in [0.15, 0.2) is 0 Å². The van der Waals surface area contributed by atoms with E-state index in [1.54, 1.807) is 0 Å². The summed E-state index contributed by atoms with van der Waals surface area (Å²) in [7, 11) is 0. The summed E-state index contributed by atoms with van der Waals surface area (Å²) in [5, 5.41) is 0. The lowest BCUT2D eigenvalue weighted by Crippen LogP contribution is -2.29. The number of hydrogen-bond donors (Lipinski definition) is 0. The van der Waals surface area contributed by atoms with Crippen LogP contribution in [-0.4, -0.2) is 0 Å². The third kappa shape index (κ3) is 6.33. The Morgan fingerprint density at radius 3 is 1.86 bits per heavy atom. The highest BCUT2D eigenvalue weighted by molar-refractivity contribution is 4.83. The molecule has 0 bridgehead atoms. The quantitative estimate of drug-likeness (QED) is 0.374. The molecule has 0 aromatic rings. The van der Waals surface area contributed by atoms with Crippen molar-refractivity contribution in [2.75, 3.05) is 0 Å². The Balaban J connectivity index is 2.57. The first-order valence-corrected chi connectivity index (χ1v) is 9.99. The fourth-order valence-corrected chi connectivity index (χ4v) is 4.78. The van der Waals surface area contributed by atoms with E-state index in [1.165, 1.54) is 57.8 Å². The van der Waals surface area contributed by atoms with Gasteiger partial charge in [-0.15, -0.1) is 0 Å². The molecule has 1 fully saturated rings. The van der Waals surface area contributed by atoms with E-state index < -0.39 is 0 Å². The predicted octanol–water partition coefficient (Wildman–Crippen LogP) is 7.33. The number of rotatable bonds is 11. The van der Waals surface area contributed by atoms with Crippen molar-refractivity contribution in [3.63, 3.8) is 0 Å². The first kappa shape index (κ1) is 19.0. The van der Waals surface area contributed by atoms with Crippen LogP contribution in [0.3, 0.4) is 0 Å². The minimum absolute atomic E-state index is 0.854. The van der Waals surface area contributed by atoms with Crippen molar-refractivity contribution in [3.05, 3.63) is 0 Å². The van der Waals surface area contributed by atoms with Crippen LogP contribution in [0.15, 0.2) is 0 Å². The lowest BCUT2D eigenvalue weighted by Gasteiger charge is -2.39. The summed E-state index contributed by atoms with van der Waals surface area (Å²) in [5.74, 6) is 5.77. The Labute approximate surface area is 135 Å². The molecule has 21 heavy (non-hydrogen) atoms. The maximum atomic E-state index is 2.57. The average molecular weight is 295 g/mol. The third-order valence-electron chi connectivity index (χ3n) is 6.09. The monoisotopic (exact) mass is 294 g/mol. The van der Waals surface area contributed by atoms with E-state index in [4.69, 9.17) is 0 Å². The second-order valence-corrected chi connectivity index (χ2v) is 8.51. The minimum Gasteiger partial charge on any atom is -0.0654 e. The van der Waals surface area contributed by atoms with Gasteiger partial charge < -0.3 is 0 Å². The van der Waals surface area contributed by atoms with E-state index in [0.717, 1.165) is 35.5 Å². The first-order chi connectivity index (χ1) is 9.99. The molecule has 1 rings (SSSR count). The topological polar surface area (TPSA) is 0 Å². The normalized spacial score (nSPS) is 21.9. The van der Waals surface area contributed by atoms with E-state index in [-0.39, 0.29) is 0 Å². The van der Waals surface area contributed by atoms with Crippen LogP contribution < -0.4 is 0 Å². The molecule has 0 spiro atoms. The van der Waals surface area contributed by atoms with Crippen LogP contribution in [0.2, 0.25) is 0 Å². The van der Waals surface area contributed by atoms with Crippen LogP contribution in [0.4, 0.5) is 0 Å². The van der Waals surface area contributed by atoms with Crippen LogP contribution in [0, 0.1) is 35.5 Å². The molecule has 0 aromatic carbocycles. The van der Waals surface area contributed by atoms with Gasteiger partial charge in [0.2, 0.25) is 0 Å². The Morgan fingerprint density at radius 2 is 1.43 bits per heavy atom. The fraction of sp³-hybridized carbons (Fsp3) is 1.00. The van der Waals surface area contributed by atoms with Crippen molar-refractivity contribution in [2.45, 2.75) is 99.3 Å². The van der Waals surface area contributed by atoms with Crippen molar-refractivity contribution in [1.29, 1.82) is 0 Å². The van der Waals surface area contributed by atoms with Crippen LogP contribution in [0.25, 0.3) is 0 Å². The molecule has 0 nitrogen and oxygen atoms in total. The molecule has 0 aliphatic heterocycles. The zero-order valence-electron chi connectivity index (χ0n) is 15.8. The van der Waals surface area contributed by atoms with Crippen LogP contribution >= 0.6 is 0 Å². The molecule has 0 radical (unpaired) electrons. The minimum atomic E-state index is 0.854. The summed E-state index contributed by atoms with van der Waals surface area (Å²) >= 11 is 0. The summed E-state index contributed by atoms with van der Waals surface area (Å²) < 4.78 is 0. The van der Waals surface area contributed by atoms with E-state index >= 15 is 0 Å². The fourth-order valence-electron chi connectivity index (χ4n) is 4.78. The highest BCUT2D eigenvalue weighted by atomic mass is 14.4. The SMILES string of the molecule is CCCC(CC(C)C(CCC)C1CCC1)C(C)CC(C)C. The van der Waals surface area contributed by atoms with Crippen molar-refractivity contribution in [2.24, 2.45) is 35.5 Å². The van der Waals surface area contributed by atoms with Gasteiger partial charge in [0.1, 0.15) is 0 Å². The summed E-state index contributed by atoms with van der Waals surface area (Å²) in [6.07, 6.45) is 13.1. The molecule has 0 heteroatoms. The van der Waals surface area contributed by atoms with Gasteiger partial charge in [-0.1, -0.05) is 86.5 Å². The molecular formula is C21H42. The van der Waals surface area contributed by atoms with Gasteiger partial charge in [0.25, 0.3) is 0 Å². The molecule has 0 heterocycles. The molecule has 0 aromatic heterocycles. The van der Waals surface area contributed by atoms with Gasteiger partial charge >= 0.3 is 0 Å². The second kappa shape index (κ2) is 9.90. The van der Waals surface area contributed by atoms with Crippen LogP contribution in [0.1, 0.15) is 99.3 Å². The summed E-state index contributed by atoms with van der Waals surface area (Å²) in [5.41, 5.74) is 0. The molecule has 1 aliphatic rings. The van der Waals surface area contributed by atoms with E-state index in [9.17, 15) is 0 Å². The van der Waals surface area contributed by atoms with Crippen LogP contribution in [0.5, 0.6) is 0 Å². The van der Waals surface area contributed by atoms with Gasteiger partial charge in [-0.05, 0) is 48.3 Å². The summed E-state index contributed by atoms with van der Waals surface area (Å²) in [4.78, 5) is 0. The van der Waals surface area contributed by atoms with Crippen molar-refractivity contribution >= 4 is 0 Å². The zero-order chi connectivity index (χ0) is 15.8. The number of hydrogen-bond acceptors (Lipinski definition) is 0. The van der Waals surface area contributed by atoms with Crippen LogP contribution in [-0.2, 0) is 0 Å². The lowest BCUT2D eigenvalue weighted by atomic mass is 9.66. The summed E-state index contributed by atoms with van der Waals surface area (Å²) in [6.45, 7) is 14.6. The van der Waals surface area contributed by atoms with E-state index in [1.807, 2.05) is 0 Å². The predicted molar refractivity (Wildman–Crippen MR) is 96.5 cm³/mol. The zero-order valence-corrected chi connectivity index (χ0v) is 15.8. The average Bonchev–Trinajstić information content (AvgIpc) is 2.34. The Morgan fingerprint density at radius 1 is 0.810 bits per heavy atom. The molecule has 126 valence electrons. The van der Waals surface area contributed by atoms with E-state index in [2.05, 4.69) is 41.5 Å². The molecule has 0 amide bonds. The molecular weight excluding hydrogens is 252 g/mol. The lowest BCUT2D eigenvalue weighted by molar-refractivity contribution is 0.111. The molecule has 0 N–H and O–H groups in total. The Bertz CT molecular complexity index is 251. The molecule has 4 atom stereocenters. The smallest absolute Gasteiger partial charge is 0.0360 e. The van der Waals surface area contributed by atoms with Crippen molar-refractivity contribution < 1.29 is 0 Å². The maximum Gasteiger partial charge on any atom is -0.0360 e. The van der Waals surface area contributed by atoms with Gasteiger partial charge in [-0.3, -0.25) is 0 Å². The Kier molecular flexibility index (Phi) is 8.98. The summed E-state index contributed by atoms with van der Waals surface area (Å²) in [6, 6.07) is 0. The third-order valence-corrected chi connectivity index (χ3v) is 6.09. The molecule has 1 saturated carbocycles. The molecule has 4 unspecified atom stereocenters. The highest BCUT2D eigenvalue weighted by Gasteiger charge is 2.32. The molecule has 1 aliphatic carbocycles. The van der Waals surface area contributed by atoms with Gasteiger partial charge in [0.05, 0.1) is 0 Å². The molecule has 0 saturated heterocycles. The standard InChI is InChI=1S/C21H42/c1-7-10-20(17(5)14-16(3)4)15-18(6)21(11-8-2)19-12-9-13-19/h16-21H,7-15H2,1-6H3. The maximum absolute atomic E-state index is 2.57. The van der Waals surface area contributed by atoms with E-state index in [0.29, 0.717) is 0 Å². The van der Waals surface area contributed by atoms with Gasteiger partial charge in [-0.25, -0.2) is 0 Å². The van der Waals surface area contributed by atoms with Gasteiger partial charge in [-0.2, -0.15) is 0 Å². The largest absolute Gasteiger partial charge is 0.0654 e.